The van der Waals surface area contributed by atoms with E-state index in [0.29, 0.717) is 11.3 Å². The molecule has 23 heavy (non-hydrogen) atoms. The van der Waals surface area contributed by atoms with Gasteiger partial charge >= 0.3 is 0 Å². The number of hydrazine groups is 1. The number of benzene rings is 2. The van der Waals surface area contributed by atoms with E-state index in [4.69, 9.17) is 4.74 Å². The van der Waals surface area contributed by atoms with Crippen molar-refractivity contribution in [3.05, 3.63) is 61.9 Å². The second-order valence-electron chi connectivity index (χ2n) is 4.37. The molecule has 120 valence electrons. The number of hydrogen-bond acceptors (Lipinski definition) is 3. The number of nitrogens with one attached hydrogen (secondary N) is 2. The Labute approximate surface area is 153 Å². The Hall–Kier alpha value is -1.68. The van der Waals surface area contributed by atoms with E-state index in [1.807, 2.05) is 28.7 Å². The third-order valence-corrected chi connectivity index (χ3v) is 4.11. The molecule has 0 saturated carbocycles. The molecule has 5 nitrogen and oxygen atoms in total. The van der Waals surface area contributed by atoms with Gasteiger partial charge in [0.15, 0.2) is 6.61 Å². The zero-order valence-electron chi connectivity index (χ0n) is 11.6. The smallest absolute Gasteiger partial charge is 0.276 e. The van der Waals surface area contributed by atoms with E-state index in [9.17, 15) is 14.0 Å². The Bertz CT molecular complexity index is 725. The van der Waals surface area contributed by atoms with Gasteiger partial charge in [0.2, 0.25) is 0 Å². The van der Waals surface area contributed by atoms with Crippen LogP contribution >= 0.6 is 38.5 Å². The highest BCUT2D eigenvalue weighted by atomic mass is 127. The summed E-state index contributed by atoms with van der Waals surface area (Å²) in [5, 5.41) is 0. The van der Waals surface area contributed by atoms with Crippen molar-refractivity contribution in [2.45, 2.75) is 0 Å². The predicted octanol–water partition coefficient (Wildman–Crippen LogP) is 3.03. The molecule has 0 saturated heterocycles. The monoisotopic (exact) mass is 492 g/mol. The van der Waals surface area contributed by atoms with Crippen LogP contribution < -0.4 is 15.6 Å². The molecular formula is C15H11BrFIN2O3. The lowest BCUT2D eigenvalue weighted by Gasteiger charge is -2.10. The highest BCUT2D eigenvalue weighted by Gasteiger charge is 2.11. The first kappa shape index (κ1) is 17.7. The second kappa shape index (κ2) is 8.25. The van der Waals surface area contributed by atoms with Gasteiger partial charge in [-0.15, -0.1) is 0 Å². The first-order chi connectivity index (χ1) is 11.0. The Balaban J connectivity index is 1.83. The Kier molecular flexibility index (Phi) is 6.34. The van der Waals surface area contributed by atoms with Crippen molar-refractivity contribution in [3.63, 3.8) is 0 Å². The number of rotatable bonds is 4. The standard InChI is InChI=1S/C15H11BrFIN2O3/c16-9-1-6-13(18)12(7-9)15(22)20-19-14(21)8-23-11-4-2-10(17)3-5-11/h1-7H,8H2,(H,19,21)(H,20,22). The minimum absolute atomic E-state index is 0.304. The zero-order valence-corrected chi connectivity index (χ0v) is 15.4. The highest BCUT2D eigenvalue weighted by Crippen LogP contribution is 2.18. The van der Waals surface area contributed by atoms with E-state index in [1.54, 1.807) is 12.1 Å². The first-order valence-corrected chi connectivity index (χ1v) is 8.25. The number of halogens is 3. The van der Waals surface area contributed by atoms with Gasteiger partial charge in [-0.3, -0.25) is 20.4 Å². The van der Waals surface area contributed by atoms with Crippen molar-refractivity contribution in [2.24, 2.45) is 0 Å². The minimum Gasteiger partial charge on any atom is -0.484 e. The molecule has 0 aliphatic rings. The van der Waals surface area contributed by atoms with Crippen molar-refractivity contribution in [3.8, 4) is 5.75 Å². The van der Waals surface area contributed by atoms with E-state index in [1.165, 1.54) is 24.3 Å². The molecule has 0 aliphatic carbocycles. The Morgan fingerprint density at radius 2 is 1.83 bits per heavy atom. The molecule has 2 aromatic carbocycles. The summed E-state index contributed by atoms with van der Waals surface area (Å²) in [5.74, 6) is -1.01. The van der Waals surface area contributed by atoms with Crippen LogP contribution in [-0.4, -0.2) is 18.4 Å². The molecule has 0 unspecified atom stereocenters. The number of carbonyl (C=O) groups is 2. The molecule has 0 aromatic heterocycles. The Morgan fingerprint density at radius 1 is 1.13 bits per heavy atom. The van der Waals surface area contributed by atoms with Gasteiger partial charge in [-0.05, 0) is 65.1 Å². The molecule has 0 radical (unpaired) electrons. The van der Waals surface area contributed by atoms with E-state index >= 15 is 0 Å². The third kappa shape index (κ3) is 5.47. The summed E-state index contributed by atoms with van der Waals surface area (Å²) in [6, 6.07) is 10.5. The molecule has 0 atom stereocenters. The van der Waals surface area contributed by atoms with Crippen LogP contribution in [0.15, 0.2) is 46.9 Å². The fourth-order valence-electron chi connectivity index (χ4n) is 1.58. The molecule has 2 N–H and O–H groups in total. The molecule has 2 aromatic rings. The first-order valence-electron chi connectivity index (χ1n) is 6.38. The predicted molar refractivity (Wildman–Crippen MR) is 94.4 cm³/mol. The number of carbonyl (C=O) groups excluding carboxylic acids is 2. The van der Waals surface area contributed by atoms with Gasteiger partial charge in [0.1, 0.15) is 11.6 Å². The van der Waals surface area contributed by atoms with Gasteiger partial charge in [-0.25, -0.2) is 4.39 Å². The van der Waals surface area contributed by atoms with Crippen molar-refractivity contribution >= 4 is 50.3 Å². The van der Waals surface area contributed by atoms with Crippen molar-refractivity contribution < 1.29 is 18.7 Å². The molecule has 0 aliphatic heterocycles. The average molecular weight is 493 g/mol. The third-order valence-electron chi connectivity index (χ3n) is 2.67. The van der Waals surface area contributed by atoms with Crippen LogP contribution in [0, 0.1) is 9.39 Å². The molecule has 8 heteroatoms. The van der Waals surface area contributed by atoms with Gasteiger partial charge in [0.25, 0.3) is 11.8 Å². The molecule has 0 bridgehead atoms. The van der Waals surface area contributed by atoms with E-state index in [0.717, 1.165) is 8.04 Å². The fourth-order valence-corrected chi connectivity index (χ4v) is 2.52. The van der Waals surface area contributed by atoms with Gasteiger partial charge < -0.3 is 4.74 Å². The van der Waals surface area contributed by atoms with Gasteiger partial charge in [-0.1, -0.05) is 15.9 Å². The van der Waals surface area contributed by atoms with Gasteiger partial charge in [-0.2, -0.15) is 0 Å². The summed E-state index contributed by atoms with van der Waals surface area (Å²) in [7, 11) is 0. The van der Waals surface area contributed by atoms with Crippen molar-refractivity contribution in [2.75, 3.05) is 6.61 Å². The van der Waals surface area contributed by atoms with Crippen LogP contribution in [0.1, 0.15) is 10.4 Å². The largest absolute Gasteiger partial charge is 0.484 e. The maximum atomic E-state index is 12.7. The summed E-state index contributed by atoms with van der Waals surface area (Å²) >= 11 is 5.31. The second-order valence-corrected chi connectivity index (χ2v) is 6.45. The maximum Gasteiger partial charge on any atom is 0.276 e. The van der Waals surface area contributed by atoms with Crippen LogP contribution in [-0.2, 0) is 4.79 Å². The lowest BCUT2D eigenvalue weighted by molar-refractivity contribution is -0.123. The maximum absolute atomic E-state index is 12.7. The summed E-state index contributed by atoms with van der Waals surface area (Å²) in [4.78, 5) is 23.6. The van der Waals surface area contributed by atoms with Gasteiger partial charge in [0, 0.05) is 8.04 Å². The zero-order chi connectivity index (χ0) is 16.8. The lowest BCUT2D eigenvalue weighted by atomic mass is 10.2. The topological polar surface area (TPSA) is 67.4 Å². The van der Waals surface area contributed by atoms with E-state index in [2.05, 4.69) is 26.8 Å². The van der Waals surface area contributed by atoms with E-state index < -0.39 is 17.6 Å². The molecule has 0 spiro atoms. The number of hydrogen-bond donors (Lipinski definition) is 2. The van der Waals surface area contributed by atoms with Crippen LogP contribution in [0.25, 0.3) is 0 Å². The van der Waals surface area contributed by atoms with Crippen molar-refractivity contribution in [1.29, 1.82) is 0 Å². The van der Waals surface area contributed by atoms with Crippen LogP contribution in [0.4, 0.5) is 4.39 Å². The minimum atomic E-state index is -0.535. The van der Waals surface area contributed by atoms with Crippen LogP contribution in [0.2, 0.25) is 0 Å². The molecule has 0 fully saturated rings. The highest BCUT2D eigenvalue weighted by molar-refractivity contribution is 14.1. The SMILES string of the molecule is O=C(COc1ccc(F)cc1)NNC(=O)c1cc(Br)ccc1I. The normalized spacial score (nSPS) is 10.0. The Morgan fingerprint density at radius 3 is 2.52 bits per heavy atom. The van der Waals surface area contributed by atoms with E-state index in [-0.39, 0.29) is 6.61 Å². The van der Waals surface area contributed by atoms with Crippen LogP contribution in [0.3, 0.4) is 0 Å². The summed E-state index contributed by atoms with van der Waals surface area (Å²) < 4.78 is 19.4. The molecule has 2 amide bonds. The van der Waals surface area contributed by atoms with Crippen LogP contribution in [0.5, 0.6) is 5.75 Å². The average Bonchev–Trinajstić information content (AvgIpc) is 2.54. The van der Waals surface area contributed by atoms with Crippen molar-refractivity contribution in [1.82, 2.24) is 10.9 Å². The van der Waals surface area contributed by atoms with Gasteiger partial charge in [0.05, 0.1) is 5.56 Å². The molecule has 0 heterocycles. The summed E-state index contributed by atoms with van der Waals surface area (Å²) in [6.07, 6.45) is 0. The quantitative estimate of drug-likeness (QED) is 0.509. The molecular weight excluding hydrogens is 482 g/mol. The molecule has 2 rings (SSSR count). The lowest BCUT2D eigenvalue weighted by Crippen LogP contribution is -2.44. The fraction of sp³-hybridized carbons (Fsp3) is 0.0667. The summed E-state index contributed by atoms with van der Waals surface area (Å²) in [5.41, 5.74) is 4.99. The number of amides is 2. The summed E-state index contributed by atoms with van der Waals surface area (Å²) in [6.45, 7) is -0.304. The number of ether oxygens (including phenoxy) is 1.